The molecule has 0 rings (SSSR count). The van der Waals surface area contributed by atoms with E-state index in [0.717, 1.165) is 103 Å². The van der Waals surface area contributed by atoms with E-state index in [1.54, 1.807) is 0 Å². The number of allylic oxidation sites excluding steroid dienone is 2. The van der Waals surface area contributed by atoms with Crippen LogP contribution in [-0.2, 0) is 23.8 Å². The Hall–Kier alpha value is -2.15. The van der Waals surface area contributed by atoms with Crippen LogP contribution < -0.4 is 0 Å². The van der Waals surface area contributed by atoms with Crippen molar-refractivity contribution in [2.24, 2.45) is 0 Å². The van der Waals surface area contributed by atoms with Crippen LogP contribution in [0, 0.1) is 5.41 Å². The first-order valence-corrected chi connectivity index (χ1v) is 19.9. The van der Waals surface area contributed by atoms with Gasteiger partial charge in [-0.15, -0.1) is 0 Å². The lowest BCUT2D eigenvalue weighted by atomic mass is 10.0. The van der Waals surface area contributed by atoms with Crippen molar-refractivity contribution in [3.63, 3.8) is 0 Å². The van der Waals surface area contributed by atoms with E-state index in [1.807, 2.05) is 26.2 Å². The van der Waals surface area contributed by atoms with Gasteiger partial charge in [-0.25, -0.2) is 0 Å². The molecule has 0 fully saturated rings. The van der Waals surface area contributed by atoms with Crippen LogP contribution in [0.1, 0.15) is 181 Å². The first kappa shape index (κ1) is 45.9. The van der Waals surface area contributed by atoms with Gasteiger partial charge in [-0.3, -0.25) is 15.0 Å². The van der Waals surface area contributed by atoms with Crippen molar-refractivity contribution in [2.75, 3.05) is 33.9 Å². The molecule has 0 bridgehead atoms. The molecule has 0 aliphatic heterocycles. The highest BCUT2D eigenvalue weighted by atomic mass is 16.5. The third kappa shape index (κ3) is 35.2. The Morgan fingerprint density at radius 3 is 1.60 bits per heavy atom. The average Bonchev–Trinajstić information content (AvgIpc) is 3.05. The average molecular weight is 677 g/mol. The lowest BCUT2D eigenvalue weighted by molar-refractivity contribution is -0.150. The molecule has 280 valence electrons. The molecule has 48 heavy (non-hydrogen) atoms. The summed E-state index contributed by atoms with van der Waals surface area (Å²) in [4.78, 5) is 26.6. The number of esters is 2. The number of rotatable bonds is 35. The highest BCUT2D eigenvalue weighted by Crippen LogP contribution is 2.18. The maximum absolute atomic E-state index is 12.5. The number of nitrogens with zero attached hydrogens (tertiary/aromatic N) is 1. The number of hydrogen-bond acceptors (Lipinski definition) is 7. The molecule has 0 heterocycles. The monoisotopic (exact) mass is 677 g/mol. The first-order valence-electron chi connectivity index (χ1n) is 19.9. The zero-order valence-electron chi connectivity index (χ0n) is 31.9. The van der Waals surface area contributed by atoms with E-state index in [2.05, 4.69) is 30.9 Å². The molecule has 0 amide bonds. The van der Waals surface area contributed by atoms with Crippen molar-refractivity contribution >= 4 is 17.8 Å². The van der Waals surface area contributed by atoms with E-state index in [1.165, 1.54) is 51.4 Å². The minimum absolute atomic E-state index is 0.00666. The van der Waals surface area contributed by atoms with Gasteiger partial charge in [0.2, 0.25) is 0 Å². The largest absolute Gasteiger partial charge is 0.477 e. The maximum atomic E-state index is 12.5. The molecule has 0 aliphatic rings. The molecule has 0 saturated carbocycles. The SMILES string of the molecule is CCCCCC/C=C\COC(=N)CCCCCCCC(CCCCCCCC(=O)OC/C=C\CCCCCC)OC(=O)CCCN(C)C. The van der Waals surface area contributed by atoms with Gasteiger partial charge in [-0.1, -0.05) is 115 Å². The predicted octanol–water partition coefficient (Wildman–Crippen LogP) is 11.3. The van der Waals surface area contributed by atoms with Crippen LogP contribution in [0.3, 0.4) is 0 Å². The van der Waals surface area contributed by atoms with Crippen LogP contribution in [0.5, 0.6) is 0 Å². The lowest BCUT2D eigenvalue weighted by Crippen LogP contribution is -2.20. The van der Waals surface area contributed by atoms with Gasteiger partial charge in [-0.05, 0) is 91.3 Å². The van der Waals surface area contributed by atoms with Gasteiger partial charge < -0.3 is 19.1 Å². The fourth-order valence-corrected chi connectivity index (χ4v) is 5.59. The zero-order valence-corrected chi connectivity index (χ0v) is 31.9. The molecule has 0 aliphatic carbocycles. The van der Waals surface area contributed by atoms with Crippen molar-refractivity contribution in [2.45, 2.75) is 187 Å². The van der Waals surface area contributed by atoms with Gasteiger partial charge in [0.05, 0.1) is 0 Å². The zero-order chi connectivity index (χ0) is 35.3. The molecular formula is C41H76N2O5. The van der Waals surface area contributed by atoms with E-state index in [4.69, 9.17) is 19.6 Å². The third-order valence-electron chi connectivity index (χ3n) is 8.60. The van der Waals surface area contributed by atoms with E-state index < -0.39 is 0 Å². The molecule has 0 saturated heterocycles. The van der Waals surface area contributed by atoms with Crippen LogP contribution in [0.2, 0.25) is 0 Å². The van der Waals surface area contributed by atoms with Gasteiger partial charge in [0.25, 0.3) is 0 Å². The minimum atomic E-state index is -0.102. The summed E-state index contributed by atoms with van der Waals surface area (Å²) in [6, 6.07) is 0. The third-order valence-corrected chi connectivity index (χ3v) is 8.60. The standard InChI is InChI=1S/C41H76N2O5/c1-5-7-9-11-13-21-27-36-46-39(42)32-25-19-15-17-23-30-38(48-41(45)34-29-35-43(3)4)31-24-18-16-20-26-33-40(44)47-37-28-22-14-12-10-8-6-2/h21-22,27-28,38,42H,5-20,23-26,29-37H2,1-4H3/b27-21-,28-22-,42-39?. The van der Waals surface area contributed by atoms with Crippen molar-refractivity contribution in [1.82, 2.24) is 4.90 Å². The number of nitrogens with one attached hydrogen (secondary N) is 1. The number of unbranched alkanes of at least 4 members (excludes halogenated alkanes) is 16. The molecule has 1 atom stereocenters. The quantitative estimate of drug-likeness (QED) is 0.0236. The van der Waals surface area contributed by atoms with Gasteiger partial charge in [0.15, 0.2) is 5.90 Å². The second kappa shape index (κ2) is 36.1. The molecule has 0 aromatic carbocycles. The van der Waals surface area contributed by atoms with Gasteiger partial charge in [-0.2, -0.15) is 0 Å². The highest BCUT2D eigenvalue weighted by Gasteiger charge is 2.14. The number of ether oxygens (including phenoxy) is 3. The molecular weight excluding hydrogens is 600 g/mol. The summed E-state index contributed by atoms with van der Waals surface area (Å²) in [5.74, 6) is 0.217. The fourth-order valence-electron chi connectivity index (χ4n) is 5.59. The second-order valence-electron chi connectivity index (χ2n) is 13.7. The van der Waals surface area contributed by atoms with Crippen molar-refractivity contribution < 1.29 is 23.8 Å². The summed E-state index contributed by atoms with van der Waals surface area (Å²) in [6.45, 7) is 6.23. The summed E-state index contributed by atoms with van der Waals surface area (Å²) in [6.07, 6.45) is 35.4. The van der Waals surface area contributed by atoms with Gasteiger partial charge in [0, 0.05) is 19.3 Å². The van der Waals surface area contributed by atoms with E-state index in [0.29, 0.717) is 38.4 Å². The van der Waals surface area contributed by atoms with Gasteiger partial charge >= 0.3 is 11.9 Å². The summed E-state index contributed by atoms with van der Waals surface area (Å²) in [5.41, 5.74) is 0. The maximum Gasteiger partial charge on any atom is 0.306 e. The van der Waals surface area contributed by atoms with Crippen molar-refractivity contribution in [3.05, 3.63) is 24.3 Å². The molecule has 0 aromatic rings. The first-order chi connectivity index (χ1) is 23.4. The van der Waals surface area contributed by atoms with E-state index >= 15 is 0 Å². The Morgan fingerprint density at radius 2 is 1.04 bits per heavy atom. The van der Waals surface area contributed by atoms with Crippen molar-refractivity contribution in [3.8, 4) is 0 Å². The smallest absolute Gasteiger partial charge is 0.306 e. The molecule has 0 radical (unpaired) electrons. The Labute approximate surface area is 296 Å². The number of carbonyl (C=O) groups excluding carboxylic acids is 2. The Morgan fingerprint density at radius 1 is 0.562 bits per heavy atom. The second-order valence-corrected chi connectivity index (χ2v) is 13.7. The molecule has 1 N–H and O–H groups in total. The van der Waals surface area contributed by atoms with Crippen LogP contribution in [0.25, 0.3) is 0 Å². The molecule has 7 nitrogen and oxygen atoms in total. The topological polar surface area (TPSA) is 88.9 Å². The summed E-state index contributed by atoms with van der Waals surface area (Å²) >= 11 is 0. The number of hydrogen-bond donors (Lipinski definition) is 1. The minimum Gasteiger partial charge on any atom is -0.477 e. The summed E-state index contributed by atoms with van der Waals surface area (Å²) < 4.78 is 16.8. The number of carbonyl (C=O) groups is 2. The Kier molecular flexibility index (Phi) is 34.5. The fraction of sp³-hybridized carbons (Fsp3) is 0.829. The summed E-state index contributed by atoms with van der Waals surface area (Å²) in [7, 11) is 4.05. The van der Waals surface area contributed by atoms with E-state index in [-0.39, 0.29) is 18.0 Å². The summed E-state index contributed by atoms with van der Waals surface area (Å²) in [5, 5.41) is 8.03. The molecule has 0 spiro atoms. The lowest BCUT2D eigenvalue weighted by Gasteiger charge is -2.18. The molecule has 0 aromatic heterocycles. The predicted molar refractivity (Wildman–Crippen MR) is 203 cm³/mol. The van der Waals surface area contributed by atoms with Crippen molar-refractivity contribution in [1.29, 1.82) is 5.41 Å². The van der Waals surface area contributed by atoms with Gasteiger partial charge in [0.1, 0.15) is 19.3 Å². The van der Waals surface area contributed by atoms with Crippen LogP contribution in [0.4, 0.5) is 0 Å². The molecule has 1 unspecified atom stereocenters. The molecule has 7 heteroatoms. The van der Waals surface area contributed by atoms with E-state index in [9.17, 15) is 9.59 Å². The Balaban J connectivity index is 4.11. The van der Waals surface area contributed by atoms with Crippen LogP contribution in [0.15, 0.2) is 24.3 Å². The normalized spacial score (nSPS) is 12.3. The van der Waals surface area contributed by atoms with Crippen LogP contribution >= 0.6 is 0 Å². The van der Waals surface area contributed by atoms with Crippen LogP contribution in [-0.4, -0.2) is 62.7 Å². The highest BCUT2D eigenvalue weighted by molar-refractivity contribution is 5.72. The Bertz CT molecular complexity index is 759.